The number of halogens is 1. The van der Waals surface area contributed by atoms with Crippen LogP contribution in [0.5, 0.6) is 0 Å². The lowest BCUT2D eigenvalue weighted by atomic mass is 10.0. The molecule has 2 aliphatic rings. The molecular formula is C26H31ClN6O2. The predicted octanol–water partition coefficient (Wildman–Crippen LogP) is 4.28. The number of amides is 3. The van der Waals surface area contributed by atoms with Crippen molar-refractivity contribution in [2.75, 3.05) is 38.0 Å². The summed E-state index contributed by atoms with van der Waals surface area (Å²) in [5.74, 6) is -0.321. The normalized spacial score (nSPS) is 18.7. The minimum absolute atomic E-state index is 0.123. The van der Waals surface area contributed by atoms with E-state index in [1.54, 1.807) is 12.1 Å². The zero-order valence-electron chi connectivity index (χ0n) is 20.3. The summed E-state index contributed by atoms with van der Waals surface area (Å²) in [6.07, 6.45) is 4.83. The third-order valence-corrected chi connectivity index (χ3v) is 7.06. The first-order valence-corrected chi connectivity index (χ1v) is 12.5. The number of anilines is 1. The summed E-state index contributed by atoms with van der Waals surface area (Å²) in [4.78, 5) is 36.0. The molecule has 2 aliphatic heterocycles. The Bertz CT molecular complexity index is 1140. The van der Waals surface area contributed by atoms with E-state index >= 15 is 0 Å². The molecule has 1 N–H and O–H groups in total. The monoisotopic (exact) mass is 494 g/mol. The van der Waals surface area contributed by atoms with Gasteiger partial charge in [-0.15, -0.1) is 0 Å². The average molecular weight is 495 g/mol. The Morgan fingerprint density at radius 1 is 1.17 bits per heavy atom. The van der Waals surface area contributed by atoms with Crippen LogP contribution < -0.4 is 5.32 Å². The molecule has 1 atom stereocenters. The number of piperidine rings is 1. The van der Waals surface area contributed by atoms with Gasteiger partial charge in [0.2, 0.25) is 0 Å². The Labute approximate surface area is 211 Å². The van der Waals surface area contributed by atoms with Crippen molar-refractivity contribution in [2.24, 2.45) is 0 Å². The fourth-order valence-corrected chi connectivity index (χ4v) is 5.07. The Kier molecular flexibility index (Phi) is 7.89. The molecule has 3 amide bonds. The van der Waals surface area contributed by atoms with Crippen molar-refractivity contribution in [1.29, 1.82) is 5.26 Å². The molecule has 0 bridgehead atoms. The Balaban J connectivity index is 1.42. The molecule has 2 fully saturated rings. The zero-order valence-corrected chi connectivity index (χ0v) is 21.0. The molecule has 184 valence electrons. The standard InChI is InChI=1S/C26H31ClN6O2/c1-18-16-31(10-11-33(18)26(35)32-8-4-3-5-9-32)17-21-12-22(27)14-24(19(21)2)30-25(34)20-6-7-29-23(13-20)15-28/h6-7,12-14,18H,3-5,8-11,16-17H2,1-2H3,(H,30,34). The number of hydrogen-bond acceptors (Lipinski definition) is 5. The van der Waals surface area contributed by atoms with Crippen LogP contribution in [-0.2, 0) is 6.54 Å². The number of nitrogens with one attached hydrogen (secondary N) is 1. The van der Waals surface area contributed by atoms with Crippen LogP contribution in [0.4, 0.5) is 10.5 Å². The number of hydrogen-bond donors (Lipinski definition) is 1. The smallest absolute Gasteiger partial charge is 0.320 e. The second kappa shape index (κ2) is 11.1. The Hall–Kier alpha value is -3.15. The Morgan fingerprint density at radius 3 is 2.66 bits per heavy atom. The van der Waals surface area contributed by atoms with Gasteiger partial charge in [-0.05, 0) is 68.5 Å². The van der Waals surface area contributed by atoms with E-state index < -0.39 is 0 Å². The molecule has 3 heterocycles. The molecule has 1 unspecified atom stereocenters. The minimum atomic E-state index is -0.321. The van der Waals surface area contributed by atoms with Crippen molar-refractivity contribution in [3.05, 3.63) is 57.9 Å². The quantitative estimate of drug-likeness (QED) is 0.684. The molecule has 35 heavy (non-hydrogen) atoms. The first-order chi connectivity index (χ1) is 16.9. The van der Waals surface area contributed by atoms with E-state index in [4.69, 9.17) is 16.9 Å². The van der Waals surface area contributed by atoms with Crippen LogP contribution in [0.25, 0.3) is 0 Å². The third-order valence-electron chi connectivity index (χ3n) is 6.84. The van der Waals surface area contributed by atoms with Crippen LogP contribution in [0.3, 0.4) is 0 Å². The third kappa shape index (κ3) is 5.92. The number of carbonyl (C=O) groups is 2. The predicted molar refractivity (Wildman–Crippen MR) is 135 cm³/mol. The second-order valence-electron chi connectivity index (χ2n) is 9.34. The number of urea groups is 1. The van der Waals surface area contributed by atoms with Crippen LogP contribution >= 0.6 is 11.6 Å². The van der Waals surface area contributed by atoms with Crippen molar-refractivity contribution >= 4 is 29.2 Å². The molecule has 0 radical (unpaired) electrons. The number of piperazine rings is 1. The lowest BCUT2D eigenvalue weighted by Gasteiger charge is -2.42. The number of likely N-dealkylation sites (tertiary alicyclic amines) is 1. The highest BCUT2D eigenvalue weighted by atomic mass is 35.5. The first-order valence-electron chi connectivity index (χ1n) is 12.1. The van der Waals surface area contributed by atoms with E-state index in [0.29, 0.717) is 29.4 Å². The highest BCUT2D eigenvalue weighted by Crippen LogP contribution is 2.27. The van der Waals surface area contributed by atoms with Gasteiger partial charge in [0.05, 0.1) is 0 Å². The molecule has 9 heteroatoms. The number of pyridine rings is 1. The van der Waals surface area contributed by atoms with Gasteiger partial charge in [-0.25, -0.2) is 9.78 Å². The van der Waals surface area contributed by atoms with Gasteiger partial charge in [0.25, 0.3) is 5.91 Å². The Morgan fingerprint density at radius 2 is 1.94 bits per heavy atom. The fraction of sp³-hybridized carbons (Fsp3) is 0.462. The highest BCUT2D eigenvalue weighted by Gasteiger charge is 2.31. The molecule has 0 aliphatic carbocycles. The molecule has 1 aromatic heterocycles. The first kappa shape index (κ1) is 25.0. The van der Waals surface area contributed by atoms with Crippen LogP contribution in [0.2, 0.25) is 5.02 Å². The van der Waals surface area contributed by atoms with E-state index in [9.17, 15) is 9.59 Å². The van der Waals surface area contributed by atoms with Crippen molar-refractivity contribution < 1.29 is 9.59 Å². The van der Waals surface area contributed by atoms with Crippen LogP contribution in [0, 0.1) is 18.3 Å². The van der Waals surface area contributed by atoms with Crippen molar-refractivity contribution in [3.63, 3.8) is 0 Å². The van der Waals surface area contributed by atoms with Gasteiger partial charge in [-0.1, -0.05) is 11.6 Å². The van der Waals surface area contributed by atoms with E-state index in [2.05, 4.69) is 22.1 Å². The van der Waals surface area contributed by atoms with E-state index in [-0.39, 0.29) is 23.7 Å². The summed E-state index contributed by atoms with van der Waals surface area (Å²) in [5.41, 5.74) is 3.16. The van der Waals surface area contributed by atoms with Crippen LogP contribution in [0.15, 0.2) is 30.5 Å². The average Bonchev–Trinajstić information content (AvgIpc) is 2.87. The summed E-state index contributed by atoms with van der Waals surface area (Å²) in [6, 6.07) is 8.94. The molecule has 4 rings (SSSR count). The minimum Gasteiger partial charge on any atom is -0.325 e. The van der Waals surface area contributed by atoms with Crippen molar-refractivity contribution in [1.82, 2.24) is 19.7 Å². The van der Waals surface area contributed by atoms with Crippen molar-refractivity contribution in [2.45, 2.75) is 45.7 Å². The molecular weight excluding hydrogens is 464 g/mol. The van der Waals surface area contributed by atoms with Crippen LogP contribution in [0.1, 0.15) is 53.4 Å². The van der Waals surface area contributed by atoms with Crippen LogP contribution in [-0.4, -0.2) is 70.4 Å². The lowest BCUT2D eigenvalue weighted by molar-refractivity contribution is 0.0741. The molecule has 8 nitrogen and oxygen atoms in total. The molecule has 0 saturated carbocycles. The van der Waals surface area contributed by atoms with Gasteiger partial charge < -0.3 is 15.1 Å². The summed E-state index contributed by atoms with van der Waals surface area (Å²) in [6.45, 7) is 8.73. The summed E-state index contributed by atoms with van der Waals surface area (Å²) < 4.78 is 0. The number of carbonyl (C=O) groups excluding carboxylic acids is 2. The zero-order chi connectivity index (χ0) is 24.9. The van der Waals surface area contributed by atoms with Gasteiger partial charge in [-0.2, -0.15) is 5.26 Å². The summed E-state index contributed by atoms with van der Waals surface area (Å²) in [5, 5.41) is 12.5. The molecule has 2 saturated heterocycles. The van der Waals surface area contributed by atoms with E-state index in [1.807, 2.05) is 28.9 Å². The largest absolute Gasteiger partial charge is 0.325 e. The number of rotatable bonds is 4. The molecule has 1 aromatic carbocycles. The number of aromatic nitrogens is 1. The maximum atomic E-state index is 13.0. The summed E-state index contributed by atoms with van der Waals surface area (Å²) >= 11 is 6.41. The maximum Gasteiger partial charge on any atom is 0.320 e. The van der Waals surface area contributed by atoms with Gasteiger partial charge >= 0.3 is 6.03 Å². The van der Waals surface area contributed by atoms with Gasteiger partial charge in [0, 0.05) is 67.8 Å². The van der Waals surface area contributed by atoms with Gasteiger partial charge in [0.15, 0.2) is 0 Å². The fourth-order valence-electron chi connectivity index (χ4n) is 4.83. The SMILES string of the molecule is Cc1c(CN2CCN(C(=O)N3CCCCC3)C(C)C2)cc(Cl)cc1NC(=O)c1ccnc(C#N)c1. The van der Waals surface area contributed by atoms with Gasteiger partial charge in [0.1, 0.15) is 11.8 Å². The molecule has 0 spiro atoms. The van der Waals surface area contributed by atoms with Gasteiger partial charge in [-0.3, -0.25) is 9.69 Å². The lowest BCUT2D eigenvalue weighted by Crippen LogP contribution is -2.57. The number of nitrogens with zero attached hydrogens (tertiary/aromatic N) is 5. The number of nitriles is 1. The maximum absolute atomic E-state index is 13.0. The topological polar surface area (TPSA) is 92.6 Å². The van der Waals surface area contributed by atoms with E-state index in [1.165, 1.54) is 18.7 Å². The van der Waals surface area contributed by atoms with Crippen molar-refractivity contribution in [3.8, 4) is 6.07 Å². The second-order valence-corrected chi connectivity index (χ2v) is 9.78. The summed E-state index contributed by atoms with van der Waals surface area (Å²) in [7, 11) is 0. The highest BCUT2D eigenvalue weighted by molar-refractivity contribution is 6.31. The van der Waals surface area contributed by atoms with E-state index in [0.717, 1.165) is 50.1 Å². The number of benzene rings is 1. The molecule has 2 aromatic rings.